The van der Waals surface area contributed by atoms with Gasteiger partial charge in [-0.05, 0) is 59.4 Å². The van der Waals surface area contributed by atoms with Crippen molar-refractivity contribution in [3.05, 3.63) is 58.7 Å². The largest absolute Gasteiger partial charge is 0.456 e. The molecule has 0 bridgehead atoms. The van der Waals surface area contributed by atoms with E-state index in [1.54, 1.807) is 6.92 Å². The van der Waals surface area contributed by atoms with Crippen molar-refractivity contribution in [1.29, 1.82) is 0 Å². The maximum atomic E-state index is 12.3. The number of esters is 1. The van der Waals surface area contributed by atoms with E-state index in [1.807, 2.05) is 41.3 Å². The molecule has 3 aliphatic heterocycles. The lowest BCUT2D eigenvalue weighted by Gasteiger charge is -2.41. The number of fused-ring (bicyclic) bond motifs is 5. The second-order valence-corrected chi connectivity index (χ2v) is 13.1. The Hall–Kier alpha value is -3.82. The van der Waals surface area contributed by atoms with Gasteiger partial charge in [0.25, 0.3) is 0 Å². The minimum absolute atomic E-state index is 0.00486. The van der Waals surface area contributed by atoms with Crippen molar-refractivity contribution >= 4 is 11.9 Å². The van der Waals surface area contributed by atoms with Gasteiger partial charge in [-0.25, -0.2) is 0 Å². The first-order valence-corrected chi connectivity index (χ1v) is 16.5. The highest BCUT2D eigenvalue weighted by molar-refractivity contribution is 5.83. The molecule has 260 valence electrons. The first kappa shape index (κ1) is 35.0. The average molecular weight is 676 g/mol. The van der Waals surface area contributed by atoms with Crippen LogP contribution in [0.1, 0.15) is 55.4 Å². The summed E-state index contributed by atoms with van der Waals surface area (Å²) in [5.41, 5.74) is 4.97. The van der Waals surface area contributed by atoms with Gasteiger partial charge in [-0.3, -0.25) is 9.59 Å². The Balaban J connectivity index is 1.35. The molecule has 3 heterocycles. The van der Waals surface area contributed by atoms with E-state index >= 15 is 0 Å². The fourth-order valence-corrected chi connectivity index (χ4v) is 7.42. The van der Waals surface area contributed by atoms with Crippen LogP contribution >= 0.6 is 0 Å². The Morgan fingerprint density at radius 3 is 1.96 bits per heavy atom. The highest BCUT2D eigenvalue weighted by Gasteiger charge is 2.47. The fraction of sp³-hybridized carbons (Fsp3) is 0.514. The van der Waals surface area contributed by atoms with Crippen molar-refractivity contribution in [3.63, 3.8) is 0 Å². The zero-order chi connectivity index (χ0) is 35.0. The molecule has 4 aliphatic rings. The molecule has 9 atom stereocenters. The van der Waals surface area contributed by atoms with Crippen LogP contribution in [0, 0.1) is 23.7 Å². The summed E-state index contributed by atoms with van der Waals surface area (Å²) in [4.78, 5) is 25.9. The van der Waals surface area contributed by atoms with E-state index in [0.717, 1.165) is 22.3 Å². The third kappa shape index (κ3) is 6.72. The zero-order valence-electron chi connectivity index (χ0n) is 27.3. The van der Waals surface area contributed by atoms with Crippen LogP contribution in [0.25, 0.3) is 11.1 Å². The Morgan fingerprint density at radius 1 is 0.837 bits per heavy atom. The van der Waals surface area contributed by atoms with Gasteiger partial charge in [0.2, 0.25) is 5.91 Å². The molecule has 1 spiro atoms. The fourth-order valence-electron chi connectivity index (χ4n) is 7.42. The van der Waals surface area contributed by atoms with Crippen molar-refractivity contribution in [1.82, 2.24) is 4.90 Å². The van der Waals surface area contributed by atoms with Crippen LogP contribution in [-0.2, 0) is 29.2 Å². The van der Waals surface area contributed by atoms with Crippen molar-refractivity contribution in [2.45, 2.75) is 93.5 Å². The summed E-state index contributed by atoms with van der Waals surface area (Å²) in [6.45, 7) is 2.98. The summed E-state index contributed by atoms with van der Waals surface area (Å²) in [6, 6.07) is 11.7. The predicted molar refractivity (Wildman–Crippen MR) is 174 cm³/mol. The second-order valence-electron chi connectivity index (χ2n) is 13.1. The van der Waals surface area contributed by atoms with Crippen molar-refractivity contribution < 1.29 is 54.4 Å². The standard InChI is InChI=1S/C37H41NO11/c1-20(41)38-13-11-37(12-14-38)27-15-22(5-9-30-33(44)29(43)17-24(18-39)48-30)3-7-25(27)26-8-4-23(16-28(26)37)6-10-31-36(47-21(2)42)35(46)34(45)32(19-40)49-31/h3-4,7-8,15-16,24,29-36,39-40,43-46H,11-14,17-19H2,1-2H3/t24-,29-,30+,31+,32+,33-,34+,35-,36+/m0/s1. The summed E-state index contributed by atoms with van der Waals surface area (Å²) in [7, 11) is 0. The maximum absolute atomic E-state index is 12.3. The average Bonchev–Trinajstić information content (AvgIpc) is 3.34. The molecule has 12 nitrogen and oxygen atoms in total. The summed E-state index contributed by atoms with van der Waals surface area (Å²) < 4.78 is 16.7. The van der Waals surface area contributed by atoms with Crippen LogP contribution in [0.3, 0.4) is 0 Å². The Bertz CT molecular complexity index is 1710. The third-order valence-corrected chi connectivity index (χ3v) is 10.1. The number of hydrogen-bond acceptors (Lipinski definition) is 11. The van der Waals surface area contributed by atoms with E-state index in [0.29, 0.717) is 37.1 Å². The van der Waals surface area contributed by atoms with Gasteiger partial charge < -0.3 is 49.7 Å². The first-order valence-electron chi connectivity index (χ1n) is 16.5. The van der Waals surface area contributed by atoms with E-state index in [-0.39, 0.29) is 18.9 Å². The van der Waals surface area contributed by atoms with Crippen LogP contribution in [-0.4, -0.2) is 129 Å². The zero-order valence-corrected chi connectivity index (χ0v) is 27.3. The van der Waals surface area contributed by atoms with Gasteiger partial charge in [0.05, 0.1) is 25.4 Å². The van der Waals surface area contributed by atoms with Gasteiger partial charge in [-0.2, -0.15) is 0 Å². The molecule has 0 unspecified atom stereocenters. The van der Waals surface area contributed by atoms with Gasteiger partial charge in [0, 0.05) is 49.9 Å². The normalized spacial score (nSPS) is 31.4. The SMILES string of the molecule is CC(=O)O[C@H]1[C@@H](O)[C@H](O)[C@@H](CO)O[C@@H]1C#Cc1ccc2c(c1)C1(CCN(C(C)=O)CC1)c1cc(C#C[C@H]3O[C@H](CO)C[C@H](O)[C@@H]3O)ccc1-2. The molecule has 6 N–H and O–H groups in total. The lowest BCUT2D eigenvalue weighted by molar-refractivity contribution is -0.225. The van der Waals surface area contributed by atoms with E-state index < -0.39 is 72.9 Å². The topological polar surface area (TPSA) is 186 Å². The van der Waals surface area contributed by atoms with Gasteiger partial charge in [-0.15, -0.1) is 0 Å². The Kier molecular flexibility index (Phi) is 10.1. The molecule has 0 saturated carbocycles. The number of aliphatic hydroxyl groups excluding tert-OH is 6. The number of piperidine rings is 1. The van der Waals surface area contributed by atoms with Gasteiger partial charge in [-0.1, -0.05) is 35.8 Å². The molecule has 2 aromatic carbocycles. The number of carbonyl (C=O) groups is 2. The Labute approximate surface area is 284 Å². The number of hydrogen-bond donors (Lipinski definition) is 6. The second kappa shape index (κ2) is 14.2. The molecule has 0 aromatic heterocycles. The number of carbonyl (C=O) groups excluding carboxylic acids is 2. The molecule has 6 rings (SSSR count). The number of nitrogens with zero attached hydrogens (tertiary/aromatic N) is 1. The molecule has 3 fully saturated rings. The van der Waals surface area contributed by atoms with Crippen LogP contribution in [0.4, 0.5) is 0 Å². The van der Waals surface area contributed by atoms with Gasteiger partial charge >= 0.3 is 5.97 Å². The molecular weight excluding hydrogens is 634 g/mol. The molecule has 49 heavy (non-hydrogen) atoms. The van der Waals surface area contributed by atoms with Crippen molar-refractivity contribution in [3.8, 4) is 34.8 Å². The minimum Gasteiger partial charge on any atom is -0.456 e. The summed E-state index contributed by atoms with van der Waals surface area (Å²) >= 11 is 0. The van der Waals surface area contributed by atoms with Crippen LogP contribution in [0.15, 0.2) is 36.4 Å². The summed E-state index contributed by atoms with van der Waals surface area (Å²) in [6.07, 6.45) is -8.90. The number of rotatable bonds is 3. The molecule has 1 aliphatic carbocycles. The number of aliphatic hydroxyl groups is 6. The van der Waals surface area contributed by atoms with E-state index in [9.17, 15) is 40.2 Å². The van der Waals surface area contributed by atoms with E-state index in [4.69, 9.17) is 14.2 Å². The molecule has 0 radical (unpaired) electrons. The quantitative estimate of drug-likeness (QED) is 0.183. The first-order chi connectivity index (χ1) is 23.4. The number of ether oxygens (including phenoxy) is 3. The predicted octanol–water partition coefficient (Wildman–Crippen LogP) is -0.417. The molecule has 3 saturated heterocycles. The van der Waals surface area contributed by atoms with Gasteiger partial charge in [0.1, 0.15) is 30.5 Å². The van der Waals surface area contributed by atoms with Crippen molar-refractivity contribution in [2.24, 2.45) is 0 Å². The van der Waals surface area contributed by atoms with Crippen LogP contribution in [0.5, 0.6) is 0 Å². The smallest absolute Gasteiger partial charge is 0.303 e. The highest BCUT2D eigenvalue weighted by Crippen LogP contribution is 2.54. The lowest BCUT2D eigenvalue weighted by atomic mass is 9.70. The van der Waals surface area contributed by atoms with Gasteiger partial charge in [0.15, 0.2) is 12.2 Å². The third-order valence-electron chi connectivity index (χ3n) is 10.1. The minimum atomic E-state index is -1.51. The summed E-state index contributed by atoms with van der Waals surface area (Å²) in [5, 5.41) is 60.8. The van der Waals surface area contributed by atoms with E-state index in [2.05, 4.69) is 23.7 Å². The Morgan fingerprint density at radius 2 is 1.43 bits per heavy atom. The summed E-state index contributed by atoms with van der Waals surface area (Å²) in [5.74, 6) is 11.4. The maximum Gasteiger partial charge on any atom is 0.303 e. The molecule has 12 heteroatoms. The number of likely N-dealkylation sites (tertiary alicyclic amines) is 1. The van der Waals surface area contributed by atoms with Crippen LogP contribution < -0.4 is 0 Å². The van der Waals surface area contributed by atoms with Crippen LogP contribution in [0.2, 0.25) is 0 Å². The molecule has 1 amide bonds. The number of benzene rings is 2. The molecule has 2 aromatic rings. The number of amides is 1. The van der Waals surface area contributed by atoms with Crippen molar-refractivity contribution in [2.75, 3.05) is 26.3 Å². The highest BCUT2D eigenvalue weighted by atomic mass is 16.6. The lowest BCUT2D eigenvalue weighted by Crippen LogP contribution is -2.59. The van der Waals surface area contributed by atoms with E-state index in [1.165, 1.54) is 6.92 Å². The molecular formula is C37H41NO11. The monoisotopic (exact) mass is 675 g/mol.